The Kier molecular flexibility index (Phi) is 10.2. The predicted molar refractivity (Wildman–Crippen MR) is 142 cm³/mol. The second kappa shape index (κ2) is 12.3. The molecule has 0 saturated carbocycles. The third-order valence-electron chi connectivity index (χ3n) is 5.32. The Hall–Kier alpha value is -2.36. The van der Waals surface area contributed by atoms with E-state index in [0.29, 0.717) is 21.3 Å². The van der Waals surface area contributed by atoms with Gasteiger partial charge in [0.2, 0.25) is 21.8 Å². The van der Waals surface area contributed by atoms with Crippen molar-refractivity contribution in [2.45, 2.75) is 58.7 Å². The summed E-state index contributed by atoms with van der Waals surface area (Å²) in [6, 6.07) is 9.21. The minimum Gasteiger partial charge on any atom is -0.350 e. The van der Waals surface area contributed by atoms with Crippen molar-refractivity contribution in [3.05, 3.63) is 63.9 Å². The van der Waals surface area contributed by atoms with E-state index < -0.39 is 27.4 Å². The molecule has 2 aromatic rings. The van der Waals surface area contributed by atoms with Crippen molar-refractivity contribution in [1.82, 2.24) is 10.2 Å². The molecule has 0 aromatic heterocycles. The zero-order valence-corrected chi connectivity index (χ0v) is 23.3. The summed E-state index contributed by atoms with van der Waals surface area (Å²) in [6.45, 7) is 7.13. The summed E-state index contributed by atoms with van der Waals surface area (Å²) < 4.78 is 39.1. The van der Waals surface area contributed by atoms with Gasteiger partial charge in [0.15, 0.2) is 0 Å². The standard InChI is InChI=1S/C25H32Cl2FN3O4S/c1-17(24(33)29-25(2,3)4)30(16-20-21(26)8-6-9-22(20)27)23(32)10-7-15-31(36(5,34)35)19-13-11-18(28)12-14-19/h6,8-9,11-14,17H,7,10,15-16H2,1-5H3,(H,29,33)/t17-/m1/s1. The van der Waals surface area contributed by atoms with Crippen molar-refractivity contribution in [2.75, 3.05) is 17.1 Å². The highest BCUT2D eigenvalue weighted by Crippen LogP contribution is 2.27. The first kappa shape index (κ1) is 29.9. The van der Waals surface area contributed by atoms with Gasteiger partial charge in [-0.2, -0.15) is 0 Å². The van der Waals surface area contributed by atoms with Crippen LogP contribution in [0.5, 0.6) is 0 Å². The Bertz CT molecular complexity index is 1160. The number of rotatable bonds is 10. The number of halogens is 3. The van der Waals surface area contributed by atoms with E-state index in [1.54, 1.807) is 25.1 Å². The number of benzene rings is 2. The number of hydrogen-bond acceptors (Lipinski definition) is 4. The summed E-state index contributed by atoms with van der Waals surface area (Å²) in [5.41, 5.74) is 0.297. The Labute approximate surface area is 222 Å². The van der Waals surface area contributed by atoms with Crippen LogP contribution in [0.1, 0.15) is 46.1 Å². The van der Waals surface area contributed by atoms with Crippen LogP contribution in [0.4, 0.5) is 10.1 Å². The summed E-state index contributed by atoms with van der Waals surface area (Å²) in [4.78, 5) is 27.6. The highest BCUT2D eigenvalue weighted by atomic mass is 35.5. The van der Waals surface area contributed by atoms with E-state index >= 15 is 0 Å². The van der Waals surface area contributed by atoms with Crippen molar-refractivity contribution < 1.29 is 22.4 Å². The molecule has 0 aliphatic rings. The van der Waals surface area contributed by atoms with Crippen LogP contribution in [0.25, 0.3) is 0 Å². The summed E-state index contributed by atoms with van der Waals surface area (Å²) in [6.07, 6.45) is 1.18. The first-order valence-electron chi connectivity index (χ1n) is 11.4. The molecule has 2 aromatic carbocycles. The van der Waals surface area contributed by atoms with Crippen molar-refractivity contribution in [3.63, 3.8) is 0 Å². The van der Waals surface area contributed by atoms with Gasteiger partial charge in [0.05, 0.1) is 11.9 Å². The highest BCUT2D eigenvalue weighted by molar-refractivity contribution is 7.92. The maximum Gasteiger partial charge on any atom is 0.242 e. The first-order valence-corrected chi connectivity index (χ1v) is 14.0. The highest BCUT2D eigenvalue weighted by Gasteiger charge is 2.29. The smallest absolute Gasteiger partial charge is 0.242 e. The van der Waals surface area contributed by atoms with E-state index in [-0.39, 0.29) is 37.7 Å². The van der Waals surface area contributed by atoms with Crippen LogP contribution in [0.3, 0.4) is 0 Å². The van der Waals surface area contributed by atoms with Gasteiger partial charge in [-0.05, 0) is 70.5 Å². The normalized spacial score (nSPS) is 12.7. The molecule has 36 heavy (non-hydrogen) atoms. The SMILES string of the molecule is C[C@H](C(=O)NC(C)(C)C)N(Cc1c(Cl)cccc1Cl)C(=O)CCCN(c1ccc(F)cc1)S(C)(=O)=O. The quantitative estimate of drug-likeness (QED) is 0.443. The topological polar surface area (TPSA) is 86.8 Å². The summed E-state index contributed by atoms with van der Waals surface area (Å²) in [5.74, 6) is -1.20. The molecule has 0 bridgehead atoms. The average molecular weight is 561 g/mol. The lowest BCUT2D eigenvalue weighted by atomic mass is 10.1. The second-order valence-electron chi connectivity index (χ2n) is 9.55. The minimum absolute atomic E-state index is 0.000532. The summed E-state index contributed by atoms with van der Waals surface area (Å²) in [7, 11) is -3.67. The zero-order chi connectivity index (χ0) is 27.3. The Morgan fingerprint density at radius 3 is 2.11 bits per heavy atom. The van der Waals surface area contributed by atoms with Crippen LogP contribution in [-0.2, 0) is 26.2 Å². The van der Waals surface area contributed by atoms with Gasteiger partial charge in [-0.3, -0.25) is 13.9 Å². The minimum atomic E-state index is -3.67. The number of amides is 2. The van der Waals surface area contributed by atoms with Gasteiger partial charge in [0, 0.05) is 40.7 Å². The molecule has 1 N–H and O–H groups in total. The Morgan fingerprint density at radius 1 is 1.06 bits per heavy atom. The predicted octanol–water partition coefficient (Wildman–Crippen LogP) is 5.01. The molecule has 7 nitrogen and oxygen atoms in total. The molecule has 0 spiro atoms. The third-order valence-corrected chi connectivity index (χ3v) is 7.22. The van der Waals surface area contributed by atoms with Crippen LogP contribution in [0, 0.1) is 5.82 Å². The second-order valence-corrected chi connectivity index (χ2v) is 12.3. The van der Waals surface area contributed by atoms with Crippen LogP contribution in [-0.4, -0.2) is 49.5 Å². The molecular formula is C25H32Cl2FN3O4S. The molecule has 0 saturated heterocycles. The molecule has 0 radical (unpaired) electrons. The van der Waals surface area contributed by atoms with E-state index in [1.807, 2.05) is 20.8 Å². The lowest BCUT2D eigenvalue weighted by molar-refractivity contribution is -0.141. The zero-order valence-electron chi connectivity index (χ0n) is 21.0. The van der Waals surface area contributed by atoms with E-state index in [4.69, 9.17) is 23.2 Å². The number of carbonyl (C=O) groups excluding carboxylic acids is 2. The number of nitrogens with zero attached hydrogens (tertiary/aromatic N) is 2. The van der Waals surface area contributed by atoms with Crippen LogP contribution in [0.15, 0.2) is 42.5 Å². The molecule has 0 heterocycles. The van der Waals surface area contributed by atoms with Crippen molar-refractivity contribution in [2.24, 2.45) is 0 Å². The van der Waals surface area contributed by atoms with Gasteiger partial charge in [-0.15, -0.1) is 0 Å². The molecular weight excluding hydrogens is 528 g/mol. The van der Waals surface area contributed by atoms with Crippen molar-refractivity contribution in [1.29, 1.82) is 0 Å². The Morgan fingerprint density at radius 2 is 1.61 bits per heavy atom. The van der Waals surface area contributed by atoms with Gasteiger partial charge in [-0.1, -0.05) is 29.3 Å². The average Bonchev–Trinajstić information content (AvgIpc) is 2.75. The fourth-order valence-electron chi connectivity index (χ4n) is 3.52. The third kappa shape index (κ3) is 8.64. The maximum atomic E-state index is 13.3. The fourth-order valence-corrected chi connectivity index (χ4v) is 5.00. The molecule has 0 aliphatic carbocycles. The van der Waals surface area contributed by atoms with Crippen LogP contribution < -0.4 is 9.62 Å². The number of sulfonamides is 1. The molecule has 2 rings (SSSR count). The fraction of sp³-hybridized carbons (Fsp3) is 0.440. The molecule has 2 amide bonds. The molecule has 0 aliphatic heterocycles. The van der Waals surface area contributed by atoms with E-state index in [9.17, 15) is 22.4 Å². The van der Waals surface area contributed by atoms with E-state index in [1.165, 1.54) is 29.2 Å². The van der Waals surface area contributed by atoms with Crippen molar-refractivity contribution in [3.8, 4) is 0 Å². The van der Waals surface area contributed by atoms with Gasteiger partial charge in [0.1, 0.15) is 11.9 Å². The van der Waals surface area contributed by atoms with E-state index in [0.717, 1.165) is 10.6 Å². The van der Waals surface area contributed by atoms with Gasteiger partial charge in [-0.25, -0.2) is 12.8 Å². The van der Waals surface area contributed by atoms with Crippen molar-refractivity contribution >= 4 is 50.7 Å². The number of hydrogen-bond donors (Lipinski definition) is 1. The molecule has 198 valence electrons. The molecule has 1 atom stereocenters. The van der Waals surface area contributed by atoms with Gasteiger partial charge < -0.3 is 10.2 Å². The van der Waals surface area contributed by atoms with Gasteiger partial charge >= 0.3 is 0 Å². The maximum absolute atomic E-state index is 13.3. The molecule has 0 fully saturated rings. The lowest BCUT2D eigenvalue weighted by Crippen LogP contribution is -2.52. The lowest BCUT2D eigenvalue weighted by Gasteiger charge is -2.32. The van der Waals surface area contributed by atoms with E-state index in [2.05, 4.69) is 5.32 Å². The Balaban J connectivity index is 2.24. The molecule has 0 unspecified atom stereocenters. The first-order chi connectivity index (χ1) is 16.6. The monoisotopic (exact) mass is 559 g/mol. The van der Waals surface area contributed by atoms with Gasteiger partial charge in [0.25, 0.3) is 0 Å². The largest absolute Gasteiger partial charge is 0.350 e. The number of carbonyl (C=O) groups is 2. The van der Waals surface area contributed by atoms with Crippen LogP contribution in [0.2, 0.25) is 10.0 Å². The summed E-state index contributed by atoms with van der Waals surface area (Å²) >= 11 is 12.6. The van der Waals surface area contributed by atoms with Crippen LogP contribution >= 0.6 is 23.2 Å². The number of nitrogens with one attached hydrogen (secondary N) is 1. The summed E-state index contributed by atoms with van der Waals surface area (Å²) in [5, 5.41) is 3.60. The molecule has 11 heteroatoms. The number of anilines is 1.